The quantitative estimate of drug-likeness (QED) is 0.270. The lowest BCUT2D eigenvalue weighted by molar-refractivity contribution is -0.576. The van der Waals surface area contributed by atoms with E-state index in [0.717, 1.165) is 19.3 Å². The summed E-state index contributed by atoms with van der Waals surface area (Å²) in [4.78, 5) is 60.4. The van der Waals surface area contributed by atoms with Gasteiger partial charge >= 0.3 is 11.9 Å². The summed E-state index contributed by atoms with van der Waals surface area (Å²) in [5.74, 6) is -3.31. The Morgan fingerprint density at radius 2 is 1.79 bits per heavy atom. The predicted octanol–water partition coefficient (Wildman–Crippen LogP) is 2.25. The second-order valence-electron chi connectivity index (χ2n) is 12.1. The smallest absolute Gasteiger partial charge is 0.322 e. The van der Waals surface area contributed by atoms with Crippen LogP contribution in [0.4, 0.5) is 0 Å². The standard InChI is InChI=1S/C27H42N2O10/c1-14(2)12-19(23(34)28-13-21(31)32)29-20(30)8-9-22(33)35-24-16(4)18-7-6-15(3)17-10-11-26(5)37-25(36-24)27(17,18)39-38-26/h14-19,24-25H,6-13H2,1-5H3,(H,28,34)(H,29,30)(H,31,32)/t15-,16-,17+,18+,19+,24-,25-,26?,27-/m1/s1. The molecule has 12 heteroatoms. The first-order valence-electron chi connectivity index (χ1n) is 14.0. The summed E-state index contributed by atoms with van der Waals surface area (Å²) in [5.41, 5.74) is -0.761. The molecule has 1 saturated carbocycles. The van der Waals surface area contributed by atoms with Gasteiger partial charge < -0.3 is 30.0 Å². The zero-order chi connectivity index (χ0) is 28.5. The highest BCUT2D eigenvalue weighted by Crippen LogP contribution is 2.60. The fourth-order valence-electron chi connectivity index (χ4n) is 6.67. The lowest BCUT2D eigenvalue weighted by Gasteiger charge is -2.59. The van der Waals surface area contributed by atoms with Gasteiger partial charge in [-0.2, -0.15) is 0 Å². The van der Waals surface area contributed by atoms with Crippen molar-refractivity contribution in [2.24, 2.45) is 29.6 Å². The zero-order valence-electron chi connectivity index (χ0n) is 23.4. The highest BCUT2D eigenvalue weighted by molar-refractivity contribution is 5.90. The molecule has 5 rings (SSSR count). The largest absolute Gasteiger partial charge is 0.480 e. The lowest BCUT2D eigenvalue weighted by Crippen LogP contribution is -2.70. The van der Waals surface area contributed by atoms with Crippen molar-refractivity contribution in [2.75, 3.05) is 6.54 Å². The number of hydrogen-bond donors (Lipinski definition) is 3. The van der Waals surface area contributed by atoms with Gasteiger partial charge in [-0.1, -0.05) is 27.7 Å². The number of rotatable bonds is 10. The van der Waals surface area contributed by atoms with Gasteiger partial charge in [0.2, 0.25) is 23.9 Å². The molecule has 5 aliphatic rings. The van der Waals surface area contributed by atoms with E-state index in [2.05, 4.69) is 17.6 Å². The molecular formula is C27H42N2O10. The molecule has 220 valence electrons. The number of carbonyl (C=O) groups excluding carboxylic acids is 3. The van der Waals surface area contributed by atoms with Gasteiger partial charge in [-0.25, -0.2) is 9.78 Å². The van der Waals surface area contributed by atoms with Crippen molar-refractivity contribution in [3.63, 3.8) is 0 Å². The van der Waals surface area contributed by atoms with Crippen LogP contribution in [-0.4, -0.2) is 65.4 Å². The third kappa shape index (κ3) is 6.23. The number of carboxylic acids is 1. The third-order valence-corrected chi connectivity index (χ3v) is 8.67. The first-order chi connectivity index (χ1) is 18.3. The molecule has 1 unspecified atom stereocenters. The average molecular weight is 555 g/mol. The summed E-state index contributed by atoms with van der Waals surface area (Å²) < 4.78 is 18.2. The number of carbonyl (C=O) groups is 4. The summed E-state index contributed by atoms with van der Waals surface area (Å²) in [6.07, 6.45) is 1.77. The van der Waals surface area contributed by atoms with Crippen LogP contribution in [0, 0.1) is 29.6 Å². The van der Waals surface area contributed by atoms with Crippen LogP contribution in [0.3, 0.4) is 0 Å². The molecule has 12 nitrogen and oxygen atoms in total. The summed E-state index contributed by atoms with van der Waals surface area (Å²) in [6, 6.07) is -0.904. The normalized spacial score (nSPS) is 37.8. The number of carboxylic acid groups (broad SMARTS) is 1. The van der Waals surface area contributed by atoms with Crippen molar-refractivity contribution in [3.8, 4) is 0 Å². The molecule has 39 heavy (non-hydrogen) atoms. The molecule has 0 radical (unpaired) electrons. The first kappa shape index (κ1) is 29.7. The van der Waals surface area contributed by atoms with Gasteiger partial charge in [0.05, 0.1) is 6.42 Å². The Morgan fingerprint density at radius 3 is 2.49 bits per heavy atom. The van der Waals surface area contributed by atoms with Crippen molar-refractivity contribution in [1.29, 1.82) is 0 Å². The third-order valence-electron chi connectivity index (χ3n) is 8.67. The molecule has 0 aromatic heterocycles. The van der Waals surface area contributed by atoms with Crippen LogP contribution >= 0.6 is 0 Å². The number of amides is 2. The Morgan fingerprint density at radius 1 is 1.05 bits per heavy atom. The molecule has 2 bridgehead atoms. The van der Waals surface area contributed by atoms with Crippen LogP contribution in [0.5, 0.6) is 0 Å². The van der Waals surface area contributed by atoms with E-state index in [1.54, 1.807) is 0 Å². The van der Waals surface area contributed by atoms with E-state index in [0.29, 0.717) is 18.8 Å². The molecule has 4 heterocycles. The molecule has 5 fully saturated rings. The number of ether oxygens (including phenoxy) is 3. The Labute approximate surface area is 228 Å². The summed E-state index contributed by atoms with van der Waals surface area (Å²) in [7, 11) is 0. The fraction of sp³-hybridized carbons (Fsp3) is 0.852. The maximum atomic E-state index is 12.8. The van der Waals surface area contributed by atoms with Gasteiger partial charge in [-0.3, -0.25) is 19.2 Å². The molecule has 0 aromatic rings. The highest BCUT2D eigenvalue weighted by Gasteiger charge is 2.69. The molecule has 9 atom stereocenters. The van der Waals surface area contributed by atoms with Gasteiger partial charge in [0, 0.05) is 24.7 Å². The fourth-order valence-corrected chi connectivity index (χ4v) is 6.67. The maximum Gasteiger partial charge on any atom is 0.322 e. The number of fused-ring (bicyclic) bond motifs is 2. The second-order valence-corrected chi connectivity index (χ2v) is 12.1. The van der Waals surface area contributed by atoms with Crippen LogP contribution in [0.1, 0.15) is 79.6 Å². The van der Waals surface area contributed by atoms with E-state index < -0.39 is 60.3 Å². The topological polar surface area (TPSA) is 159 Å². The Kier molecular flexibility index (Phi) is 8.89. The van der Waals surface area contributed by atoms with E-state index in [9.17, 15) is 19.2 Å². The average Bonchev–Trinajstić information content (AvgIpc) is 3.09. The molecule has 1 aliphatic carbocycles. The van der Waals surface area contributed by atoms with Crippen LogP contribution in [0.25, 0.3) is 0 Å². The summed E-state index contributed by atoms with van der Waals surface area (Å²) in [6.45, 7) is 9.24. The SMILES string of the molecule is CC(C)C[C@H](NC(=O)CCC(=O)O[C@@H]1O[C@@H]2OC3(C)CC[C@H]4[C@H](C)CC[C@@H]([C@H]1C)[C@@]24OO3)C(=O)NCC(=O)O. The van der Waals surface area contributed by atoms with E-state index in [1.165, 1.54) is 0 Å². The Hall–Kier alpha value is -2.28. The van der Waals surface area contributed by atoms with E-state index in [-0.39, 0.29) is 36.5 Å². The van der Waals surface area contributed by atoms with E-state index >= 15 is 0 Å². The molecule has 4 saturated heterocycles. The van der Waals surface area contributed by atoms with Crippen molar-refractivity contribution >= 4 is 23.8 Å². The van der Waals surface area contributed by atoms with Crippen molar-refractivity contribution in [1.82, 2.24) is 10.6 Å². The van der Waals surface area contributed by atoms with E-state index in [1.807, 2.05) is 27.7 Å². The van der Waals surface area contributed by atoms with Crippen molar-refractivity contribution < 1.29 is 48.3 Å². The number of aliphatic carboxylic acids is 1. The van der Waals surface area contributed by atoms with Crippen LogP contribution < -0.4 is 10.6 Å². The minimum absolute atomic E-state index is 0.00213. The Balaban J connectivity index is 1.35. The second kappa shape index (κ2) is 11.7. The van der Waals surface area contributed by atoms with Crippen LogP contribution in [-0.2, 0) is 43.2 Å². The minimum atomic E-state index is -1.18. The number of esters is 1. The van der Waals surface area contributed by atoms with Gasteiger partial charge in [0.25, 0.3) is 0 Å². The van der Waals surface area contributed by atoms with E-state index in [4.69, 9.17) is 29.1 Å². The van der Waals surface area contributed by atoms with Crippen molar-refractivity contribution in [2.45, 2.75) is 110 Å². The monoisotopic (exact) mass is 554 g/mol. The molecule has 3 N–H and O–H groups in total. The van der Waals surface area contributed by atoms with Gasteiger partial charge in [-0.15, -0.1) is 0 Å². The lowest BCUT2D eigenvalue weighted by atomic mass is 9.58. The summed E-state index contributed by atoms with van der Waals surface area (Å²) in [5, 5.41) is 13.7. The molecular weight excluding hydrogens is 512 g/mol. The van der Waals surface area contributed by atoms with Crippen LogP contribution in [0.15, 0.2) is 0 Å². The molecule has 0 aromatic carbocycles. The van der Waals surface area contributed by atoms with Crippen molar-refractivity contribution in [3.05, 3.63) is 0 Å². The molecule has 2 amide bonds. The molecule has 4 aliphatic heterocycles. The number of nitrogens with one attached hydrogen (secondary N) is 2. The Bertz CT molecular complexity index is 959. The van der Waals surface area contributed by atoms with Gasteiger partial charge in [-0.05, 0) is 50.4 Å². The number of hydrogen-bond acceptors (Lipinski definition) is 9. The molecule has 1 spiro atoms. The first-order valence-corrected chi connectivity index (χ1v) is 14.0. The van der Waals surface area contributed by atoms with Crippen LogP contribution in [0.2, 0.25) is 0 Å². The predicted molar refractivity (Wildman–Crippen MR) is 134 cm³/mol. The maximum absolute atomic E-state index is 12.8. The zero-order valence-corrected chi connectivity index (χ0v) is 23.4. The van der Waals surface area contributed by atoms with Gasteiger partial charge in [0.15, 0.2) is 11.9 Å². The highest BCUT2D eigenvalue weighted by atomic mass is 17.3. The minimum Gasteiger partial charge on any atom is -0.480 e. The summed E-state index contributed by atoms with van der Waals surface area (Å²) >= 11 is 0. The van der Waals surface area contributed by atoms with Gasteiger partial charge in [0.1, 0.15) is 12.6 Å².